The molecule has 0 saturated heterocycles. The predicted octanol–water partition coefficient (Wildman–Crippen LogP) is 0.780. The molecule has 1 aromatic carbocycles. The van der Waals surface area contributed by atoms with Crippen LogP contribution in [0.1, 0.15) is 22.2 Å². The number of hydrogen-bond acceptors (Lipinski definition) is 0. The molecule has 1 aliphatic rings. The third-order valence-corrected chi connectivity index (χ3v) is 3.41. The molecule has 0 radical (unpaired) electrons. The van der Waals surface area contributed by atoms with E-state index >= 15 is 0 Å². The average molecular weight is 168 g/mol. The Hall–Kier alpha value is -0.226. The molecule has 0 bridgehead atoms. The van der Waals surface area contributed by atoms with Crippen molar-refractivity contribution < 1.29 is 0 Å². The molecule has 1 aliphatic carbocycles. The normalized spacial score (nSPS) is 18.9. The summed E-state index contributed by atoms with van der Waals surface area (Å²) in [4.78, 5) is 0. The Balaban J connectivity index is 0.000000720. The number of aryl methyl sites for hydroxylation is 1. The van der Waals surface area contributed by atoms with Crippen LogP contribution in [-0.2, 0) is 0 Å². The van der Waals surface area contributed by atoms with Gasteiger partial charge in [-0.05, 0) is 29.2 Å². The predicted molar refractivity (Wildman–Crippen MR) is 60.0 cm³/mol. The molecule has 1 aromatic rings. The number of hydrogen-bond donors (Lipinski definition) is 0. The van der Waals surface area contributed by atoms with E-state index in [0.29, 0.717) is 0 Å². The molecule has 0 nitrogen and oxygen atoms in total. The first-order chi connectivity index (χ1) is 5.29. The van der Waals surface area contributed by atoms with Gasteiger partial charge in [0.15, 0.2) is 0 Å². The van der Waals surface area contributed by atoms with E-state index in [-0.39, 0.29) is 18.9 Å². The first-order valence-electron chi connectivity index (χ1n) is 4.07. The maximum absolute atomic E-state index is 2.32. The van der Waals surface area contributed by atoms with Crippen LogP contribution in [0.15, 0.2) is 24.3 Å². The van der Waals surface area contributed by atoms with E-state index in [0.717, 1.165) is 5.54 Å². The Bertz CT molecular complexity index is 318. The molecular weight excluding hydrogens is 155 g/mol. The van der Waals surface area contributed by atoms with E-state index in [1.807, 2.05) is 0 Å². The third kappa shape index (κ3) is 1.45. The van der Waals surface area contributed by atoms with Crippen molar-refractivity contribution in [2.75, 3.05) is 0 Å². The van der Waals surface area contributed by atoms with Gasteiger partial charge >= 0.3 is 18.9 Å². The van der Waals surface area contributed by atoms with Gasteiger partial charge in [0.25, 0.3) is 0 Å². The molecule has 0 heterocycles. The van der Waals surface area contributed by atoms with Crippen molar-refractivity contribution in [1.29, 1.82) is 0 Å². The number of rotatable bonds is 0. The molecule has 0 amide bonds. The Labute approximate surface area is 88.7 Å². The van der Waals surface area contributed by atoms with Gasteiger partial charge in [0, 0.05) is 10.2 Å². The SMILES string of the molecule is Cc1cccc2c1C=CC2[SiH3].[LiH]. The fourth-order valence-electron chi connectivity index (χ4n) is 1.67. The Morgan fingerprint density at radius 3 is 2.75 bits per heavy atom. The van der Waals surface area contributed by atoms with Gasteiger partial charge in [0.2, 0.25) is 0 Å². The van der Waals surface area contributed by atoms with Crippen molar-refractivity contribution in [2.24, 2.45) is 0 Å². The second-order valence-electron chi connectivity index (χ2n) is 3.23. The van der Waals surface area contributed by atoms with Gasteiger partial charge in [0.05, 0.1) is 0 Å². The summed E-state index contributed by atoms with van der Waals surface area (Å²) in [7, 11) is 1.24. The summed E-state index contributed by atoms with van der Waals surface area (Å²) in [5, 5.41) is 0. The molecule has 1 unspecified atom stereocenters. The minimum absolute atomic E-state index is 0. The summed E-state index contributed by atoms with van der Waals surface area (Å²) in [6.45, 7) is 2.18. The van der Waals surface area contributed by atoms with Crippen molar-refractivity contribution in [3.05, 3.63) is 41.0 Å². The summed E-state index contributed by atoms with van der Waals surface area (Å²) in [6, 6.07) is 6.59. The molecular formula is C10H13LiSi. The van der Waals surface area contributed by atoms with Gasteiger partial charge in [-0.25, -0.2) is 0 Å². The van der Waals surface area contributed by atoms with Crippen molar-refractivity contribution in [3.8, 4) is 0 Å². The van der Waals surface area contributed by atoms with Crippen LogP contribution in [0.5, 0.6) is 0 Å². The molecule has 2 heteroatoms. The molecule has 0 spiro atoms. The Kier molecular flexibility index (Phi) is 3.01. The van der Waals surface area contributed by atoms with E-state index in [1.54, 1.807) is 0 Å². The fraction of sp³-hybridized carbons (Fsp3) is 0.200. The first-order valence-corrected chi connectivity index (χ1v) is 5.22. The molecule has 1 atom stereocenters. The molecule has 0 aliphatic heterocycles. The maximum atomic E-state index is 2.32. The second-order valence-corrected chi connectivity index (χ2v) is 4.47. The molecule has 0 saturated carbocycles. The minimum atomic E-state index is 0. The van der Waals surface area contributed by atoms with Crippen molar-refractivity contribution >= 4 is 35.2 Å². The molecule has 58 valence electrons. The summed E-state index contributed by atoms with van der Waals surface area (Å²) >= 11 is 0. The first kappa shape index (κ1) is 9.86. The van der Waals surface area contributed by atoms with Crippen LogP contribution in [0, 0.1) is 6.92 Å². The van der Waals surface area contributed by atoms with Gasteiger partial charge < -0.3 is 0 Å². The van der Waals surface area contributed by atoms with E-state index < -0.39 is 0 Å². The van der Waals surface area contributed by atoms with Crippen molar-refractivity contribution in [1.82, 2.24) is 0 Å². The van der Waals surface area contributed by atoms with Crippen LogP contribution in [0.3, 0.4) is 0 Å². The van der Waals surface area contributed by atoms with Crippen molar-refractivity contribution in [2.45, 2.75) is 12.5 Å². The van der Waals surface area contributed by atoms with Gasteiger partial charge in [0.1, 0.15) is 0 Å². The summed E-state index contributed by atoms with van der Waals surface area (Å²) in [5.41, 5.74) is 5.17. The van der Waals surface area contributed by atoms with Crippen molar-refractivity contribution in [3.63, 3.8) is 0 Å². The van der Waals surface area contributed by atoms with E-state index in [1.165, 1.54) is 26.9 Å². The molecule has 2 rings (SSSR count). The Morgan fingerprint density at radius 1 is 1.33 bits per heavy atom. The fourth-order valence-corrected chi connectivity index (χ4v) is 2.37. The van der Waals surface area contributed by atoms with Crippen LogP contribution in [0.25, 0.3) is 6.08 Å². The summed E-state index contributed by atoms with van der Waals surface area (Å²) < 4.78 is 0. The quantitative estimate of drug-likeness (QED) is 0.502. The van der Waals surface area contributed by atoms with Gasteiger partial charge in [-0.3, -0.25) is 0 Å². The monoisotopic (exact) mass is 168 g/mol. The molecule has 0 N–H and O–H groups in total. The summed E-state index contributed by atoms with van der Waals surface area (Å²) in [6.07, 6.45) is 4.59. The van der Waals surface area contributed by atoms with Crippen LogP contribution < -0.4 is 0 Å². The van der Waals surface area contributed by atoms with Crippen LogP contribution in [0.4, 0.5) is 0 Å². The molecule has 0 fully saturated rings. The van der Waals surface area contributed by atoms with Gasteiger partial charge in [-0.2, -0.15) is 0 Å². The third-order valence-electron chi connectivity index (χ3n) is 2.40. The average Bonchev–Trinajstić information content (AvgIpc) is 2.35. The van der Waals surface area contributed by atoms with Crippen LogP contribution in [-0.4, -0.2) is 29.1 Å². The second kappa shape index (κ2) is 3.66. The van der Waals surface area contributed by atoms with Crippen LogP contribution >= 0.6 is 0 Å². The topological polar surface area (TPSA) is 0 Å². The molecule has 12 heavy (non-hydrogen) atoms. The van der Waals surface area contributed by atoms with E-state index in [2.05, 4.69) is 37.3 Å². The van der Waals surface area contributed by atoms with E-state index in [4.69, 9.17) is 0 Å². The van der Waals surface area contributed by atoms with Crippen LogP contribution in [0.2, 0.25) is 0 Å². The van der Waals surface area contributed by atoms with E-state index in [9.17, 15) is 0 Å². The number of allylic oxidation sites excluding steroid dienone is 1. The zero-order chi connectivity index (χ0) is 7.84. The van der Waals surface area contributed by atoms with Gasteiger partial charge in [-0.1, -0.05) is 30.4 Å². The van der Waals surface area contributed by atoms with Gasteiger partial charge in [-0.15, -0.1) is 0 Å². The standard InChI is InChI=1S/C10H12Si.Li.H/c1-7-3-2-4-9-8(7)5-6-10(9)11;;/h2-6,10H,1,11H3;;. The molecule has 0 aromatic heterocycles. The zero-order valence-corrected chi connectivity index (χ0v) is 8.96. The summed E-state index contributed by atoms with van der Waals surface area (Å²) in [5.74, 6) is 0. The number of benzene rings is 1. The Morgan fingerprint density at radius 2 is 2.08 bits per heavy atom. The zero-order valence-electron chi connectivity index (χ0n) is 6.96. The number of fused-ring (bicyclic) bond motifs is 1.